The number of aryl methyl sites for hydroxylation is 2. The summed E-state index contributed by atoms with van der Waals surface area (Å²) < 4.78 is 15.1. The zero-order valence-electron chi connectivity index (χ0n) is 10.6. The highest BCUT2D eigenvalue weighted by Gasteiger charge is 2.11. The summed E-state index contributed by atoms with van der Waals surface area (Å²) in [5.41, 5.74) is 3.63. The average Bonchev–Trinajstić information content (AvgIpc) is 2.66. The molecule has 0 saturated heterocycles. The molecule has 92 valence electrons. The van der Waals surface area contributed by atoms with E-state index in [4.69, 9.17) is 0 Å². The predicted molar refractivity (Wildman–Crippen MR) is 68.8 cm³/mol. The van der Waals surface area contributed by atoms with Gasteiger partial charge in [0.25, 0.3) is 0 Å². The molecule has 3 heteroatoms. The van der Waals surface area contributed by atoms with Crippen molar-refractivity contribution in [3.63, 3.8) is 0 Å². The number of hydrogen-bond acceptors (Lipinski definition) is 1. The van der Waals surface area contributed by atoms with Gasteiger partial charge in [0.2, 0.25) is 0 Å². The summed E-state index contributed by atoms with van der Waals surface area (Å²) in [6.45, 7) is 4.54. The molecule has 1 heterocycles. The quantitative estimate of drug-likeness (QED) is 0.810. The van der Waals surface area contributed by atoms with Crippen LogP contribution in [0.25, 0.3) is 0 Å². The van der Waals surface area contributed by atoms with Crippen molar-refractivity contribution in [2.24, 2.45) is 0 Å². The van der Waals surface area contributed by atoms with Crippen LogP contribution in [0.15, 0.2) is 30.3 Å². The van der Waals surface area contributed by atoms with E-state index in [9.17, 15) is 9.65 Å². The van der Waals surface area contributed by atoms with E-state index in [1.54, 1.807) is 6.07 Å². The van der Waals surface area contributed by atoms with Crippen LogP contribution in [0.4, 0.5) is 4.39 Å². The van der Waals surface area contributed by atoms with E-state index in [0.29, 0.717) is 12.2 Å². The van der Waals surface area contributed by atoms with E-state index in [1.807, 2.05) is 30.5 Å². The molecule has 2 nitrogen and oxygen atoms in total. The maximum absolute atomic E-state index is 13.2. The number of hydrogen-bond donors (Lipinski definition) is 0. The Bertz CT molecular complexity index is 605. The Hall–Kier alpha value is -2.08. The first kappa shape index (κ1) is 12.4. The van der Waals surface area contributed by atoms with Crippen molar-refractivity contribution in [3.05, 3.63) is 58.7 Å². The number of halogens is 1. The molecule has 2 rings (SSSR count). The molecule has 1 aromatic heterocycles. The van der Waals surface area contributed by atoms with Crippen LogP contribution in [-0.2, 0) is 13.0 Å². The first-order chi connectivity index (χ1) is 8.65. The number of nitriles is 1. The third-order valence-electron chi connectivity index (χ3n) is 3.10. The fourth-order valence-electron chi connectivity index (χ4n) is 2.17. The molecule has 0 aliphatic heterocycles. The summed E-state index contributed by atoms with van der Waals surface area (Å²) in [4.78, 5) is 0. The Morgan fingerprint density at radius 1 is 1.33 bits per heavy atom. The highest BCUT2D eigenvalue weighted by atomic mass is 19.1. The number of rotatable bonds is 3. The second-order valence-electron chi connectivity index (χ2n) is 4.34. The molecule has 18 heavy (non-hydrogen) atoms. The van der Waals surface area contributed by atoms with Crippen molar-refractivity contribution < 1.29 is 4.39 Å². The van der Waals surface area contributed by atoms with Crippen LogP contribution in [-0.4, -0.2) is 4.57 Å². The Morgan fingerprint density at radius 2 is 2.11 bits per heavy atom. The minimum atomic E-state index is -0.244. The van der Waals surface area contributed by atoms with Gasteiger partial charge in [-0.25, -0.2) is 4.39 Å². The molecular formula is C15H15FN2. The number of benzene rings is 1. The maximum atomic E-state index is 13.2. The van der Waals surface area contributed by atoms with Crippen molar-refractivity contribution >= 4 is 0 Å². The highest BCUT2D eigenvalue weighted by molar-refractivity contribution is 5.37. The van der Waals surface area contributed by atoms with Gasteiger partial charge in [-0.2, -0.15) is 5.26 Å². The smallest absolute Gasteiger partial charge is 0.123 e. The lowest BCUT2D eigenvalue weighted by molar-refractivity contribution is 0.623. The van der Waals surface area contributed by atoms with Gasteiger partial charge in [0.15, 0.2) is 0 Å². The van der Waals surface area contributed by atoms with Gasteiger partial charge in [-0.3, -0.25) is 0 Å². The minimum Gasteiger partial charge on any atom is -0.332 e. The molecule has 0 aliphatic carbocycles. The predicted octanol–water partition coefficient (Wildman–Crippen LogP) is 3.42. The molecule has 0 saturated carbocycles. The zero-order valence-corrected chi connectivity index (χ0v) is 10.6. The molecule has 1 aromatic carbocycles. The van der Waals surface area contributed by atoms with Gasteiger partial charge in [0.1, 0.15) is 17.6 Å². The van der Waals surface area contributed by atoms with Crippen LogP contribution in [0.3, 0.4) is 0 Å². The molecule has 2 aromatic rings. The van der Waals surface area contributed by atoms with E-state index < -0.39 is 0 Å². The molecule has 0 aliphatic rings. The normalized spacial score (nSPS) is 10.3. The molecule has 0 bridgehead atoms. The van der Waals surface area contributed by atoms with Gasteiger partial charge in [0.05, 0.1) is 0 Å². The largest absolute Gasteiger partial charge is 0.332 e. The molecule has 0 fully saturated rings. The second-order valence-corrected chi connectivity index (χ2v) is 4.34. The van der Waals surface area contributed by atoms with E-state index >= 15 is 0 Å². The summed E-state index contributed by atoms with van der Waals surface area (Å²) in [6, 6.07) is 10.8. The summed E-state index contributed by atoms with van der Waals surface area (Å²) >= 11 is 0. The second kappa shape index (κ2) is 5.05. The number of nitrogens with zero attached hydrogens (tertiary/aromatic N) is 2. The lowest BCUT2D eigenvalue weighted by Crippen LogP contribution is -2.05. The molecule has 0 atom stereocenters. The van der Waals surface area contributed by atoms with Gasteiger partial charge in [-0.05, 0) is 42.7 Å². The SMILES string of the molecule is CCc1cc(C)n(Cc2cccc(F)c2)c1C#N. The van der Waals surface area contributed by atoms with Crippen LogP contribution in [0.5, 0.6) is 0 Å². The summed E-state index contributed by atoms with van der Waals surface area (Å²) in [5, 5.41) is 9.23. The summed E-state index contributed by atoms with van der Waals surface area (Å²) in [5.74, 6) is -0.244. The van der Waals surface area contributed by atoms with Crippen LogP contribution in [0.2, 0.25) is 0 Å². The molecule has 0 spiro atoms. The lowest BCUT2D eigenvalue weighted by atomic mass is 10.2. The first-order valence-electron chi connectivity index (χ1n) is 5.99. The van der Waals surface area contributed by atoms with E-state index in [2.05, 4.69) is 6.07 Å². The van der Waals surface area contributed by atoms with E-state index in [1.165, 1.54) is 12.1 Å². The molecule has 0 unspecified atom stereocenters. The fraction of sp³-hybridized carbons (Fsp3) is 0.267. The fourth-order valence-corrected chi connectivity index (χ4v) is 2.17. The summed E-state index contributed by atoms with van der Waals surface area (Å²) in [6.07, 6.45) is 0.833. The maximum Gasteiger partial charge on any atom is 0.123 e. The Morgan fingerprint density at radius 3 is 2.72 bits per heavy atom. The van der Waals surface area contributed by atoms with Crippen molar-refractivity contribution in [1.82, 2.24) is 4.57 Å². The standard InChI is InChI=1S/C15H15FN2/c1-3-13-7-11(2)18(15(13)9-17)10-12-5-4-6-14(16)8-12/h4-8H,3,10H2,1-2H3. The highest BCUT2D eigenvalue weighted by Crippen LogP contribution is 2.18. The lowest BCUT2D eigenvalue weighted by Gasteiger charge is -2.08. The van der Waals surface area contributed by atoms with Gasteiger partial charge in [-0.1, -0.05) is 19.1 Å². The Kier molecular flexibility index (Phi) is 3.47. The van der Waals surface area contributed by atoms with Gasteiger partial charge >= 0.3 is 0 Å². The van der Waals surface area contributed by atoms with Crippen LogP contribution < -0.4 is 0 Å². The molecule has 0 N–H and O–H groups in total. The van der Waals surface area contributed by atoms with Gasteiger partial charge < -0.3 is 4.57 Å². The Labute approximate surface area is 106 Å². The van der Waals surface area contributed by atoms with Crippen LogP contribution in [0.1, 0.15) is 29.4 Å². The molecular weight excluding hydrogens is 227 g/mol. The monoisotopic (exact) mass is 242 g/mol. The topological polar surface area (TPSA) is 28.7 Å². The van der Waals surface area contributed by atoms with Crippen LogP contribution >= 0.6 is 0 Å². The summed E-state index contributed by atoms with van der Waals surface area (Å²) in [7, 11) is 0. The zero-order chi connectivity index (χ0) is 13.1. The average molecular weight is 242 g/mol. The van der Waals surface area contributed by atoms with Crippen molar-refractivity contribution in [2.75, 3.05) is 0 Å². The Balaban J connectivity index is 2.40. The van der Waals surface area contributed by atoms with Gasteiger partial charge in [-0.15, -0.1) is 0 Å². The van der Waals surface area contributed by atoms with Crippen molar-refractivity contribution in [2.45, 2.75) is 26.8 Å². The third kappa shape index (κ3) is 2.28. The first-order valence-corrected chi connectivity index (χ1v) is 5.99. The van der Waals surface area contributed by atoms with Gasteiger partial charge in [0, 0.05) is 12.2 Å². The minimum absolute atomic E-state index is 0.244. The number of aromatic nitrogens is 1. The molecule has 0 radical (unpaired) electrons. The van der Waals surface area contributed by atoms with Crippen molar-refractivity contribution in [3.8, 4) is 6.07 Å². The van der Waals surface area contributed by atoms with E-state index in [0.717, 1.165) is 23.2 Å². The van der Waals surface area contributed by atoms with Crippen molar-refractivity contribution in [1.29, 1.82) is 5.26 Å². The molecule has 0 amide bonds. The van der Waals surface area contributed by atoms with E-state index in [-0.39, 0.29) is 5.82 Å². The third-order valence-corrected chi connectivity index (χ3v) is 3.10. The van der Waals surface area contributed by atoms with Crippen LogP contribution in [0, 0.1) is 24.1 Å².